The molecule has 2 aliphatic heterocycles. The Balaban J connectivity index is 1.58. The highest BCUT2D eigenvalue weighted by Crippen LogP contribution is 2.32. The molecule has 1 unspecified atom stereocenters. The number of likely N-dealkylation sites (tertiary alicyclic amines) is 1. The van der Waals surface area contributed by atoms with Gasteiger partial charge in [-0.1, -0.05) is 36.4 Å². The molecule has 216 valence electrons. The fourth-order valence-corrected chi connectivity index (χ4v) is 4.99. The van der Waals surface area contributed by atoms with Crippen molar-refractivity contribution >= 4 is 18.0 Å². The highest BCUT2D eigenvalue weighted by Gasteiger charge is 2.37. The van der Waals surface area contributed by atoms with Crippen LogP contribution in [-0.2, 0) is 32.0 Å². The van der Waals surface area contributed by atoms with Gasteiger partial charge in [-0.3, -0.25) is 4.79 Å². The molecule has 0 saturated carbocycles. The monoisotopic (exact) mass is 552 g/mol. The highest BCUT2D eigenvalue weighted by molar-refractivity contribution is 5.86. The summed E-state index contributed by atoms with van der Waals surface area (Å²) in [6.07, 6.45) is 0.917. The van der Waals surface area contributed by atoms with E-state index in [1.54, 1.807) is 16.7 Å². The van der Waals surface area contributed by atoms with Gasteiger partial charge in [0.2, 0.25) is 5.91 Å². The number of fused-ring (bicyclic) bond motifs is 1. The standard InChI is InChI=1S/C31H40N2O7/c1-5-37-29(35)25(19-22-9-7-6-8-10-22)33(21-23-11-12-26-27(20-23)39-18-17-38-26)28(34)24-13-15-32(16-14-24)30(36)40-31(2,3)4/h6-12,20,24-25H,5,13-19,21H2,1-4H3. The number of piperidine rings is 1. The van der Waals surface area contributed by atoms with E-state index in [1.165, 1.54) is 0 Å². The number of amides is 2. The molecule has 1 atom stereocenters. The molecule has 1 fully saturated rings. The van der Waals surface area contributed by atoms with E-state index in [1.807, 2.05) is 69.3 Å². The van der Waals surface area contributed by atoms with Crippen LogP contribution >= 0.6 is 0 Å². The van der Waals surface area contributed by atoms with Crippen molar-refractivity contribution in [3.05, 3.63) is 59.7 Å². The summed E-state index contributed by atoms with van der Waals surface area (Å²) in [5.41, 5.74) is 1.17. The Morgan fingerprint density at radius 3 is 2.30 bits per heavy atom. The van der Waals surface area contributed by atoms with Crippen LogP contribution in [0.15, 0.2) is 48.5 Å². The minimum atomic E-state index is -0.813. The lowest BCUT2D eigenvalue weighted by atomic mass is 9.93. The second-order valence-corrected chi connectivity index (χ2v) is 11.1. The van der Waals surface area contributed by atoms with Crippen LogP contribution in [0.5, 0.6) is 11.5 Å². The number of benzene rings is 2. The molecule has 0 spiro atoms. The zero-order valence-electron chi connectivity index (χ0n) is 23.9. The number of carbonyl (C=O) groups is 3. The van der Waals surface area contributed by atoms with Crippen LogP contribution in [-0.4, -0.2) is 72.3 Å². The first kappa shape index (κ1) is 29.2. The Morgan fingerprint density at radius 1 is 0.975 bits per heavy atom. The molecule has 0 bridgehead atoms. The molecule has 2 aromatic carbocycles. The zero-order chi connectivity index (χ0) is 28.7. The van der Waals surface area contributed by atoms with E-state index in [-0.39, 0.29) is 31.1 Å². The Morgan fingerprint density at radius 2 is 1.65 bits per heavy atom. The van der Waals surface area contributed by atoms with Gasteiger partial charge in [0.05, 0.1) is 6.61 Å². The van der Waals surface area contributed by atoms with E-state index in [0.29, 0.717) is 57.1 Å². The van der Waals surface area contributed by atoms with E-state index in [0.717, 1.165) is 11.1 Å². The Bertz CT molecular complexity index is 1170. The Hall–Kier alpha value is -3.75. The van der Waals surface area contributed by atoms with Crippen molar-refractivity contribution in [2.75, 3.05) is 32.9 Å². The maximum atomic E-state index is 14.2. The molecule has 0 aliphatic carbocycles. The summed E-state index contributed by atoms with van der Waals surface area (Å²) >= 11 is 0. The maximum absolute atomic E-state index is 14.2. The van der Waals surface area contributed by atoms with Gasteiger partial charge in [0.15, 0.2) is 11.5 Å². The van der Waals surface area contributed by atoms with E-state index in [9.17, 15) is 14.4 Å². The third-order valence-electron chi connectivity index (χ3n) is 6.95. The number of carbonyl (C=O) groups excluding carboxylic acids is 3. The van der Waals surface area contributed by atoms with Crippen molar-refractivity contribution in [1.29, 1.82) is 0 Å². The van der Waals surface area contributed by atoms with Gasteiger partial charge in [0.25, 0.3) is 0 Å². The molecule has 2 amide bonds. The summed E-state index contributed by atoms with van der Waals surface area (Å²) in [7, 11) is 0. The van der Waals surface area contributed by atoms with Crippen molar-refractivity contribution in [3.63, 3.8) is 0 Å². The molecular formula is C31H40N2O7. The average Bonchev–Trinajstić information content (AvgIpc) is 2.94. The third-order valence-corrected chi connectivity index (χ3v) is 6.95. The molecule has 0 aromatic heterocycles. The topological polar surface area (TPSA) is 94.6 Å². The van der Waals surface area contributed by atoms with Crippen LogP contribution in [0.4, 0.5) is 4.79 Å². The maximum Gasteiger partial charge on any atom is 0.410 e. The van der Waals surface area contributed by atoms with Crippen molar-refractivity contribution in [3.8, 4) is 11.5 Å². The van der Waals surface area contributed by atoms with Crippen molar-refractivity contribution in [2.45, 2.75) is 65.1 Å². The number of esters is 1. The largest absolute Gasteiger partial charge is 0.486 e. The number of ether oxygens (including phenoxy) is 4. The van der Waals surface area contributed by atoms with E-state index < -0.39 is 17.6 Å². The molecule has 2 heterocycles. The van der Waals surface area contributed by atoms with E-state index >= 15 is 0 Å². The van der Waals surface area contributed by atoms with Gasteiger partial charge in [-0.15, -0.1) is 0 Å². The second kappa shape index (κ2) is 13.1. The van der Waals surface area contributed by atoms with Crippen molar-refractivity contribution in [1.82, 2.24) is 9.80 Å². The van der Waals surface area contributed by atoms with Crippen LogP contribution in [0.3, 0.4) is 0 Å². The first-order valence-electron chi connectivity index (χ1n) is 14.0. The quantitative estimate of drug-likeness (QED) is 0.442. The predicted octanol–water partition coefficient (Wildman–Crippen LogP) is 4.61. The second-order valence-electron chi connectivity index (χ2n) is 11.1. The van der Waals surface area contributed by atoms with Gasteiger partial charge < -0.3 is 28.7 Å². The lowest BCUT2D eigenvalue weighted by molar-refractivity contribution is -0.157. The van der Waals surface area contributed by atoms with Crippen LogP contribution in [0.2, 0.25) is 0 Å². The molecule has 0 N–H and O–H groups in total. The summed E-state index contributed by atoms with van der Waals surface area (Å²) in [6.45, 7) is 9.44. The van der Waals surface area contributed by atoms with Gasteiger partial charge in [-0.2, -0.15) is 0 Å². The Labute approximate surface area is 236 Å². The highest BCUT2D eigenvalue weighted by atomic mass is 16.6. The lowest BCUT2D eigenvalue weighted by Gasteiger charge is -2.37. The molecule has 4 rings (SSSR count). The molecule has 0 radical (unpaired) electrons. The number of hydrogen-bond donors (Lipinski definition) is 0. The molecule has 40 heavy (non-hydrogen) atoms. The minimum Gasteiger partial charge on any atom is -0.486 e. The van der Waals surface area contributed by atoms with Gasteiger partial charge in [0.1, 0.15) is 24.9 Å². The van der Waals surface area contributed by atoms with Gasteiger partial charge >= 0.3 is 12.1 Å². The normalized spacial score (nSPS) is 16.1. The molecule has 1 saturated heterocycles. The summed E-state index contributed by atoms with van der Waals surface area (Å²) in [5.74, 6) is 0.367. The smallest absolute Gasteiger partial charge is 0.410 e. The summed E-state index contributed by atoms with van der Waals surface area (Å²) < 4.78 is 22.4. The van der Waals surface area contributed by atoms with Gasteiger partial charge in [0, 0.05) is 32.0 Å². The third kappa shape index (κ3) is 7.67. The van der Waals surface area contributed by atoms with Crippen LogP contribution < -0.4 is 9.47 Å². The molecule has 9 heteroatoms. The fraction of sp³-hybridized carbons (Fsp3) is 0.516. The Kier molecular flexibility index (Phi) is 9.55. The summed E-state index contributed by atoms with van der Waals surface area (Å²) in [6, 6.07) is 14.4. The SMILES string of the molecule is CCOC(=O)C(Cc1ccccc1)N(Cc1ccc2c(c1)OCCO2)C(=O)C1CCN(C(=O)OC(C)(C)C)CC1. The first-order chi connectivity index (χ1) is 19.1. The van der Waals surface area contributed by atoms with E-state index in [2.05, 4.69) is 0 Å². The molecule has 2 aliphatic rings. The zero-order valence-corrected chi connectivity index (χ0v) is 23.9. The molecule has 2 aromatic rings. The first-order valence-corrected chi connectivity index (χ1v) is 14.0. The van der Waals surface area contributed by atoms with Gasteiger partial charge in [-0.05, 0) is 63.8 Å². The summed E-state index contributed by atoms with van der Waals surface area (Å²) in [5, 5.41) is 0. The van der Waals surface area contributed by atoms with Crippen LogP contribution in [0, 0.1) is 5.92 Å². The van der Waals surface area contributed by atoms with Crippen LogP contribution in [0.1, 0.15) is 51.7 Å². The van der Waals surface area contributed by atoms with Crippen LogP contribution in [0.25, 0.3) is 0 Å². The van der Waals surface area contributed by atoms with Crippen molar-refractivity contribution in [2.24, 2.45) is 5.92 Å². The predicted molar refractivity (Wildman–Crippen MR) is 149 cm³/mol. The minimum absolute atomic E-state index is 0.132. The number of nitrogens with zero attached hydrogens (tertiary/aromatic N) is 2. The average molecular weight is 553 g/mol. The fourth-order valence-electron chi connectivity index (χ4n) is 4.99. The van der Waals surface area contributed by atoms with Gasteiger partial charge in [-0.25, -0.2) is 9.59 Å². The molecule has 9 nitrogen and oxygen atoms in total. The van der Waals surface area contributed by atoms with E-state index in [4.69, 9.17) is 18.9 Å². The molecular weight excluding hydrogens is 512 g/mol. The number of hydrogen-bond acceptors (Lipinski definition) is 7. The van der Waals surface area contributed by atoms with Crippen molar-refractivity contribution < 1.29 is 33.3 Å². The lowest BCUT2D eigenvalue weighted by Crippen LogP contribution is -2.51. The number of rotatable bonds is 8. The summed E-state index contributed by atoms with van der Waals surface area (Å²) in [4.78, 5) is 43.4.